The number of ketones is 1. The second-order valence-corrected chi connectivity index (χ2v) is 6.23. The van der Waals surface area contributed by atoms with E-state index in [9.17, 15) is 9.59 Å². The Morgan fingerprint density at radius 3 is 2.52 bits per heavy atom. The minimum absolute atomic E-state index is 0.00595. The minimum Gasteiger partial charge on any atom is -0.449 e. The van der Waals surface area contributed by atoms with Gasteiger partial charge in [0, 0.05) is 34.1 Å². The highest BCUT2D eigenvalue weighted by molar-refractivity contribution is 6.09. The van der Waals surface area contributed by atoms with Crippen molar-refractivity contribution in [3.05, 3.63) is 64.8 Å². The summed E-state index contributed by atoms with van der Waals surface area (Å²) in [5, 5.41) is 16.8. The third-order valence-electron chi connectivity index (χ3n) is 4.35. The van der Waals surface area contributed by atoms with Crippen LogP contribution in [-0.2, 0) is 6.42 Å². The van der Waals surface area contributed by atoms with Crippen molar-refractivity contribution in [1.29, 1.82) is 5.41 Å². The fourth-order valence-corrected chi connectivity index (χ4v) is 3.06. The Balaban J connectivity index is 1.81. The third-order valence-corrected chi connectivity index (χ3v) is 4.35. The number of Topliss-reactive ketones (excluding diaryl/α,β-unsaturated/α-hetero) is 1. The molecule has 7 nitrogen and oxygen atoms in total. The third kappa shape index (κ3) is 3.98. The number of ether oxygens (including phenoxy) is 1. The number of aromatic nitrogens is 1. The van der Waals surface area contributed by atoms with Gasteiger partial charge in [0.05, 0.1) is 0 Å². The molecule has 3 rings (SSSR count). The minimum atomic E-state index is -1.40. The van der Waals surface area contributed by atoms with E-state index < -0.39 is 6.16 Å². The van der Waals surface area contributed by atoms with Gasteiger partial charge in [0.15, 0.2) is 5.78 Å². The fraction of sp³-hybridized carbons (Fsp3) is 0.150. The van der Waals surface area contributed by atoms with Gasteiger partial charge in [-0.2, -0.15) is 0 Å². The van der Waals surface area contributed by atoms with Gasteiger partial charge in [0.1, 0.15) is 11.6 Å². The highest BCUT2D eigenvalue weighted by Crippen LogP contribution is 2.28. The number of nitrogens with two attached hydrogens (primary N) is 1. The molecule has 0 atom stereocenters. The van der Waals surface area contributed by atoms with Crippen LogP contribution in [-0.4, -0.2) is 27.9 Å². The van der Waals surface area contributed by atoms with Crippen molar-refractivity contribution >= 4 is 28.7 Å². The van der Waals surface area contributed by atoms with Crippen molar-refractivity contribution < 1.29 is 19.4 Å². The summed E-state index contributed by atoms with van der Waals surface area (Å²) in [6, 6.07) is 12.0. The lowest BCUT2D eigenvalue weighted by Crippen LogP contribution is -2.10. The molecule has 0 aliphatic carbocycles. The topological polar surface area (TPSA) is 129 Å². The zero-order chi connectivity index (χ0) is 19.6. The van der Waals surface area contributed by atoms with Gasteiger partial charge in [-0.25, -0.2) is 4.79 Å². The van der Waals surface area contributed by atoms with Gasteiger partial charge in [-0.1, -0.05) is 24.3 Å². The van der Waals surface area contributed by atoms with Gasteiger partial charge < -0.3 is 20.6 Å². The molecule has 7 heteroatoms. The van der Waals surface area contributed by atoms with Gasteiger partial charge in [0.2, 0.25) is 0 Å². The predicted molar refractivity (Wildman–Crippen MR) is 102 cm³/mol. The summed E-state index contributed by atoms with van der Waals surface area (Å²) in [5.41, 5.74) is 9.08. The van der Waals surface area contributed by atoms with Gasteiger partial charge >= 0.3 is 6.16 Å². The summed E-state index contributed by atoms with van der Waals surface area (Å²) >= 11 is 0. The van der Waals surface area contributed by atoms with Crippen molar-refractivity contribution in [1.82, 2.24) is 4.98 Å². The molecule has 27 heavy (non-hydrogen) atoms. The van der Waals surface area contributed by atoms with E-state index in [-0.39, 0.29) is 17.4 Å². The molecule has 1 aromatic heterocycles. The van der Waals surface area contributed by atoms with E-state index in [1.807, 2.05) is 19.1 Å². The number of hydrogen-bond donors (Lipinski definition) is 4. The van der Waals surface area contributed by atoms with Crippen molar-refractivity contribution in [3.8, 4) is 5.75 Å². The monoisotopic (exact) mass is 365 g/mol. The van der Waals surface area contributed by atoms with Gasteiger partial charge in [0.25, 0.3) is 0 Å². The number of amidine groups is 1. The summed E-state index contributed by atoms with van der Waals surface area (Å²) in [6.07, 6.45) is -0.547. The molecule has 0 saturated carbocycles. The summed E-state index contributed by atoms with van der Waals surface area (Å²) in [4.78, 5) is 26.7. The molecule has 0 saturated heterocycles. The largest absolute Gasteiger partial charge is 0.511 e. The Morgan fingerprint density at radius 1 is 1.19 bits per heavy atom. The summed E-state index contributed by atoms with van der Waals surface area (Å²) < 4.78 is 4.69. The predicted octanol–water partition coefficient (Wildman–Crippen LogP) is 3.63. The van der Waals surface area contributed by atoms with Crippen LogP contribution < -0.4 is 10.5 Å². The Bertz CT molecular complexity index is 1040. The molecule has 0 spiro atoms. The maximum atomic E-state index is 12.8. The van der Waals surface area contributed by atoms with E-state index in [0.717, 1.165) is 16.8 Å². The van der Waals surface area contributed by atoms with Gasteiger partial charge in [-0.3, -0.25) is 10.2 Å². The Hall–Kier alpha value is -3.61. The molecule has 5 N–H and O–H groups in total. The molecule has 0 amide bonds. The summed E-state index contributed by atoms with van der Waals surface area (Å²) in [5.74, 6) is 0.135. The van der Waals surface area contributed by atoms with Crippen LogP contribution in [0.3, 0.4) is 0 Å². The number of carbonyl (C=O) groups excluding carboxylic acids is 1. The fourth-order valence-electron chi connectivity index (χ4n) is 3.06. The molecule has 0 aliphatic rings. The van der Waals surface area contributed by atoms with Crippen LogP contribution in [0.5, 0.6) is 5.75 Å². The molecule has 0 radical (unpaired) electrons. The zero-order valence-electron chi connectivity index (χ0n) is 14.7. The lowest BCUT2D eigenvalue weighted by molar-refractivity contribution is 0.0983. The van der Waals surface area contributed by atoms with E-state index in [0.29, 0.717) is 29.4 Å². The Morgan fingerprint density at radius 2 is 1.89 bits per heavy atom. The van der Waals surface area contributed by atoms with Crippen LogP contribution in [0.15, 0.2) is 42.5 Å². The summed E-state index contributed by atoms with van der Waals surface area (Å²) in [6.45, 7) is 1.81. The standard InChI is InChI=1S/C20H19N3O4/c1-11-18(15-10-14(27-20(25)26)7-8-16(15)23-11)17(24)9-4-12-2-5-13(6-3-12)19(21)22/h2-3,5-8,10,23H,4,9H2,1H3,(H3,21,22)(H,25,26). The maximum absolute atomic E-state index is 12.8. The average Bonchev–Trinajstić information content (AvgIpc) is 2.94. The van der Waals surface area contributed by atoms with E-state index >= 15 is 0 Å². The van der Waals surface area contributed by atoms with Crippen LogP contribution in [0, 0.1) is 12.3 Å². The highest BCUT2D eigenvalue weighted by Gasteiger charge is 2.17. The van der Waals surface area contributed by atoms with Crippen LogP contribution in [0.4, 0.5) is 4.79 Å². The summed E-state index contributed by atoms with van der Waals surface area (Å²) in [7, 11) is 0. The van der Waals surface area contributed by atoms with Crippen molar-refractivity contribution in [3.63, 3.8) is 0 Å². The van der Waals surface area contributed by atoms with Crippen molar-refractivity contribution in [2.75, 3.05) is 0 Å². The van der Waals surface area contributed by atoms with E-state index in [1.165, 1.54) is 6.07 Å². The maximum Gasteiger partial charge on any atom is 0.511 e. The van der Waals surface area contributed by atoms with Crippen LogP contribution in [0.2, 0.25) is 0 Å². The molecule has 138 valence electrons. The second-order valence-electron chi connectivity index (χ2n) is 6.23. The number of fused-ring (bicyclic) bond motifs is 1. The molecular formula is C20H19N3O4. The lowest BCUT2D eigenvalue weighted by atomic mass is 9.99. The number of carbonyl (C=O) groups is 2. The quantitative estimate of drug-likeness (QED) is 0.174. The van der Waals surface area contributed by atoms with Gasteiger partial charge in [-0.15, -0.1) is 0 Å². The number of aryl methyl sites for hydroxylation is 2. The number of carboxylic acid groups (broad SMARTS) is 1. The van der Waals surface area contributed by atoms with Gasteiger partial charge in [-0.05, 0) is 37.1 Å². The molecule has 0 bridgehead atoms. The number of benzene rings is 2. The SMILES string of the molecule is Cc1[nH]c2ccc(OC(=O)O)cc2c1C(=O)CCc1ccc(C(=N)N)cc1. The van der Waals surface area contributed by atoms with E-state index in [4.69, 9.17) is 21.0 Å². The molecule has 0 aliphatic heterocycles. The number of nitrogen functional groups attached to an aromatic ring is 1. The van der Waals surface area contributed by atoms with E-state index in [1.54, 1.807) is 24.3 Å². The smallest absolute Gasteiger partial charge is 0.449 e. The highest BCUT2D eigenvalue weighted by atomic mass is 16.7. The van der Waals surface area contributed by atoms with Crippen LogP contribution in [0.1, 0.15) is 33.6 Å². The van der Waals surface area contributed by atoms with Crippen LogP contribution >= 0.6 is 0 Å². The molecular weight excluding hydrogens is 346 g/mol. The normalized spacial score (nSPS) is 10.7. The number of aromatic amines is 1. The number of rotatable bonds is 6. The Kier molecular flexibility index (Phi) is 4.94. The first-order valence-corrected chi connectivity index (χ1v) is 8.35. The first-order chi connectivity index (χ1) is 12.8. The number of H-pyrrole nitrogens is 1. The first kappa shape index (κ1) is 18.2. The Labute approximate surface area is 155 Å². The number of hydrogen-bond acceptors (Lipinski definition) is 4. The second kappa shape index (κ2) is 7.33. The number of nitrogens with one attached hydrogen (secondary N) is 2. The van der Waals surface area contributed by atoms with Crippen molar-refractivity contribution in [2.24, 2.45) is 5.73 Å². The van der Waals surface area contributed by atoms with Crippen molar-refractivity contribution in [2.45, 2.75) is 19.8 Å². The zero-order valence-corrected chi connectivity index (χ0v) is 14.7. The first-order valence-electron chi connectivity index (χ1n) is 8.35. The average molecular weight is 365 g/mol. The molecule has 2 aromatic carbocycles. The van der Waals surface area contributed by atoms with E-state index in [2.05, 4.69) is 4.98 Å². The van der Waals surface area contributed by atoms with Crippen LogP contribution in [0.25, 0.3) is 10.9 Å². The lowest BCUT2D eigenvalue weighted by Gasteiger charge is -2.05. The molecule has 1 heterocycles. The molecule has 0 unspecified atom stereocenters. The molecule has 3 aromatic rings. The molecule has 0 fully saturated rings.